The summed E-state index contributed by atoms with van der Waals surface area (Å²) in [7, 11) is 0. The van der Waals surface area contributed by atoms with E-state index < -0.39 is 0 Å². The Morgan fingerprint density at radius 3 is 2.96 bits per heavy atom. The summed E-state index contributed by atoms with van der Waals surface area (Å²) in [5, 5.41) is 8.66. The fourth-order valence-corrected chi connectivity index (χ4v) is 3.43. The largest absolute Gasteiger partial charge is 0.421 e. The molecule has 0 radical (unpaired) electrons. The van der Waals surface area contributed by atoms with Gasteiger partial charge in [0.25, 0.3) is 0 Å². The zero-order chi connectivity index (χ0) is 16.9. The zero-order valence-electron chi connectivity index (χ0n) is 13.9. The number of amides is 1. The van der Waals surface area contributed by atoms with Crippen LogP contribution < -0.4 is 0 Å². The fraction of sp³-hybridized carbons (Fsp3) is 0.500. The van der Waals surface area contributed by atoms with Gasteiger partial charge in [0.05, 0.1) is 10.6 Å². The van der Waals surface area contributed by atoms with Gasteiger partial charge >= 0.3 is 0 Å². The standard InChI is InChI=1S/C18H22ClN3O2/c1-2-13-7-5-6-12-22(13)17(23)11-10-16-20-21-18(24-16)14-8-3-4-9-15(14)19/h3-4,8-9,13H,2,5-7,10-12H2,1H3. The highest BCUT2D eigenvalue weighted by atomic mass is 35.5. The number of aryl methyl sites for hydroxylation is 1. The minimum absolute atomic E-state index is 0.180. The van der Waals surface area contributed by atoms with Crippen molar-refractivity contribution in [1.82, 2.24) is 15.1 Å². The maximum atomic E-state index is 12.5. The lowest BCUT2D eigenvalue weighted by molar-refractivity contribution is -0.135. The monoisotopic (exact) mass is 347 g/mol. The van der Waals surface area contributed by atoms with Crippen molar-refractivity contribution in [3.8, 4) is 11.5 Å². The highest BCUT2D eigenvalue weighted by Crippen LogP contribution is 2.26. The topological polar surface area (TPSA) is 59.2 Å². The van der Waals surface area contributed by atoms with Crippen LogP contribution in [0.2, 0.25) is 5.02 Å². The quantitative estimate of drug-likeness (QED) is 0.816. The van der Waals surface area contributed by atoms with Crippen molar-refractivity contribution < 1.29 is 9.21 Å². The molecule has 1 atom stereocenters. The molecule has 0 saturated carbocycles. The average molecular weight is 348 g/mol. The van der Waals surface area contributed by atoms with E-state index in [0.29, 0.717) is 41.3 Å². The molecular formula is C18H22ClN3O2. The average Bonchev–Trinajstić information content (AvgIpc) is 3.08. The molecule has 1 amide bonds. The Balaban J connectivity index is 1.61. The highest BCUT2D eigenvalue weighted by molar-refractivity contribution is 6.33. The van der Waals surface area contributed by atoms with Gasteiger partial charge in [0.2, 0.25) is 17.7 Å². The number of benzene rings is 1. The van der Waals surface area contributed by atoms with Gasteiger partial charge in [-0.2, -0.15) is 0 Å². The molecule has 0 N–H and O–H groups in total. The van der Waals surface area contributed by atoms with Gasteiger partial charge in [-0.05, 0) is 37.8 Å². The second-order valence-electron chi connectivity index (χ2n) is 6.13. The van der Waals surface area contributed by atoms with Crippen molar-refractivity contribution in [2.45, 2.75) is 51.5 Å². The Morgan fingerprint density at radius 2 is 2.17 bits per heavy atom. The van der Waals surface area contributed by atoms with E-state index in [2.05, 4.69) is 17.1 Å². The fourth-order valence-electron chi connectivity index (χ4n) is 3.21. The molecule has 1 aromatic carbocycles. The number of hydrogen-bond acceptors (Lipinski definition) is 4. The van der Waals surface area contributed by atoms with E-state index in [4.69, 9.17) is 16.0 Å². The maximum absolute atomic E-state index is 12.5. The third-order valence-electron chi connectivity index (χ3n) is 4.54. The number of nitrogens with zero attached hydrogens (tertiary/aromatic N) is 3. The number of aromatic nitrogens is 2. The maximum Gasteiger partial charge on any atom is 0.249 e. The third-order valence-corrected chi connectivity index (χ3v) is 4.87. The lowest BCUT2D eigenvalue weighted by atomic mass is 9.99. The number of hydrogen-bond donors (Lipinski definition) is 0. The molecular weight excluding hydrogens is 326 g/mol. The number of likely N-dealkylation sites (tertiary alicyclic amines) is 1. The van der Waals surface area contributed by atoms with Crippen LogP contribution in [0.15, 0.2) is 28.7 Å². The first-order chi connectivity index (χ1) is 11.7. The molecule has 0 bridgehead atoms. The second kappa shape index (κ2) is 7.79. The van der Waals surface area contributed by atoms with Crippen LogP contribution in [0.4, 0.5) is 0 Å². The molecule has 2 heterocycles. The molecule has 1 aliphatic heterocycles. The van der Waals surface area contributed by atoms with Gasteiger partial charge in [-0.1, -0.05) is 30.7 Å². The Labute approximate surface area is 147 Å². The Bertz CT molecular complexity index is 701. The van der Waals surface area contributed by atoms with Gasteiger partial charge in [0.1, 0.15) is 0 Å². The van der Waals surface area contributed by atoms with E-state index in [1.54, 1.807) is 6.07 Å². The number of carbonyl (C=O) groups excluding carboxylic acids is 1. The van der Waals surface area contributed by atoms with Crippen LogP contribution in [0.3, 0.4) is 0 Å². The molecule has 24 heavy (non-hydrogen) atoms. The van der Waals surface area contributed by atoms with E-state index >= 15 is 0 Å². The van der Waals surface area contributed by atoms with Gasteiger partial charge in [-0.3, -0.25) is 4.79 Å². The van der Waals surface area contributed by atoms with Gasteiger partial charge in [-0.15, -0.1) is 10.2 Å². The molecule has 6 heteroatoms. The Kier molecular flexibility index (Phi) is 5.51. The molecule has 1 aliphatic rings. The first kappa shape index (κ1) is 17.0. The van der Waals surface area contributed by atoms with Crippen molar-refractivity contribution in [3.63, 3.8) is 0 Å². The van der Waals surface area contributed by atoms with E-state index in [0.717, 1.165) is 25.8 Å². The smallest absolute Gasteiger partial charge is 0.249 e. The summed E-state index contributed by atoms with van der Waals surface area (Å²) < 4.78 is 5.66. The molecule has 3 rings (SSSR count). The van der Waals surface area contributed by atoms with Crippen LogP contribution in [0.1, 0.15) is 44.9 Å². The molecule has 128 valence electrons. The first-order valence-electron chi connectivity index (χ1n) is 8.55. The van der Waals surface area contributed by atoms with Gasteiger partial charge in [0, 0.05) is 25.4 Å². The van der Waals surface area contributed by atoms with Crippen molar-refractivity contribution in [1.29, 1.82) is 0 Å². The summed E-state index contributed by atoms with van der Waals surface area (Å²) >= 11 is 6.14. The number of halogens is 1. The number of piperidine rings is 1. The summed E-state index contributed by atoms with van der Waals surface area (Å²) in [6.45, 7) is 3.01. The van der Waals surface area contributed by atoms with Crippen LogP contribution >= 0.6 is 11.6 Å². The normalized spacial score (nSPS) is 17.9. The lowest BCUT2D eigenvalue weighted by Gasteiger charge is -2.35. The van der Waals surface area contributed by atoms with Crippen molar-refractivity contribution in [2.24, 2.45) is 0 Å². The summed E-state index contributed by atoms with van der Waals surface area (Å²) in [4.78, 5) is 14.5. The predicted molar refractivity (Wildman–Crippen MR) is 92.7 cm³/mol. The van der Waals surface area contributed by atoms with E-state index in [1.807, 2.05) is 23.1 Å². The Hall–Kier alpha value is -1.88. The first-order valence-corrected chi connectivity index (χ1v) is 8.93. The summed E-state index contributed by atoms with van der Waals surface area (Å²) in [6, 6.07) is 7.73. The minimum atomic E-state index is 0.180. The molecule has 1 aromatic heterocycles. The van der Waals surface area contributed by atoms with Crippen LogP contribution in [0.5, 0.6) is 0 Å². The molecule has 5 nitrogen and oxygen atoms in total. The SMILES string of the molecule is CCC1CCCCN1C(=O)CCc1nnc(-c2ccccc2Cl)o1. The predicted octanol–water partition coefficient (Wildman–Crippen LogP) is 4.11. The van der Waals surface area contributed by atoms with Crippen molar-refractivity contribution in [3.05, 3.63) is 35.2 Å². The second-order valence-corrected chi connectivity index (χ2v) is 6.53. The summed E-state index contributed by atoms with van der Waals surface area (Å²) in [5.74, 6) is 1.05. The third kappa shape index (κ3) is 3.78. The van der Waals surface area contributed by atoms with Gasteiger partial charge in [0.15, 0.2) is 0 Å². The molecule has 2 aromatic rings. The van der Waals surface area contributed by atoms with Gasteiger partial charge in [-0.25, -0.2) is 0 Å². The molecule has 0 spiro atoms. The molecule has 0 aliphatic carbocycles. The van der Waals surface area contributed by atoms with E-state index in [-0.39, 0.29) is 5.91 Å². The zero-order valence-corrected chi connectivity index (χ0v) is 14.6. The van der Waals surface area contributed by atoms with Crippen molar-refractivity contribution in [2.75, 3.05) is 6.54 Å². The molecule has 1 unspecified atom stereocenters. The Morgan fingerprint density at radius 1 is 1.33 bits per heavy atom. The summed E-state index contributed by atoms with van der Waals surface area (Å²) in [6.07, 6.45) is 5.30. The van der Waals surface area contributed by atoms with E-state index in [1.165, 1.54) is 6.42 Å². The highest BCUT2D eigenvalue weighted by Gasteiger charge is 2.25. The summed E-state index contributed by atoms with van der Waals surface area (Å²) in [5.41, 5.74) is 0.714. The van der Waals surface area contributed by atoms with Crippen LogP contribution in [0.25, 0.3) is 11.5 Å². The minimum Gasteiger partial charge on any atom is -0.421 e. The number of carbonyl (C=O) groups is 1. The lowest BCUT2D eigenvalue weighted by Crippen LogP contribution is -2.43. The van der Waals surface area contributed by atoms with Crippen LogP contribution in [-0.2, 0) is 11.2 Å². The molecule has 1 fully saturated rings. The molecule has 1 saturated heterocycles. The van der Waals surface area contributed by atoms with Crippen LogP contribution in [0, 0.1) is 0 Å². The van der Waals surface area contributed by atoms with Crippen molar-refractivity contribution >= 4 is 17.5 Å². The van der Waals surface area contributed by atoms with Gasteiger partial charge < -0.3 is 9.32 Å². The van der Waals surface area contributed by atoms with Crippen LogP contribution in [-0.4, -0.2) is 33.6 Å². The van der Waals surface area contributed by atoms with E-state index in [9.17, 15) is 4.79 Å². The number of rotatable bonds is 5.